The highest BCUT2D eigenvalue weighted by atomic mass is 32.1. The van der Waals surface area contributed by atoms with E-state index >= 15 is 0 Å². The van der Waals surface area contributed by atoms with Gasteiger partial charge in [0.15, 0.2) is 0 Å². The van der Waals surface area contributed by atoms with Gasteiger partial charge in [0.25, 0.3) is 0 Å². The summed E-state index contributed by atoms with van der Waals surface area (Å²) in [5.74, 6) is 0.540. The lowest BCUT2D eigenvalue weighted by molar-refractivity contribution is -0.145. The van der Waals surface area contributed by atoms with Crippen LogP contribution in [-0.2, 0) is 9.53 Å². The van der Waals surface area contributed by atoms with Crippen LogP contribution in [0.25, 0.3) is 0 Å². The zero-order chi connectivity index (χ0) is 7.28. The average molecular weight is 148 g/mol. The summed E-state index contributed by atoms with van der Waals surface area (Å²) in [5, 5.41) is 0. The fourth-order valence-electron chi connectivity index (χ4n) is 0.524. The molecule has 0 aliphatic heterocycles. The first-order chi connectivity index (χ1) is 4.16. The van der Waals surface area contributed by atoms with Gasteiger partial charge in [0.2, 0.25) is 0 Å². The lowest BCUT2D eigenvalue weighted by Gasteiger charge is -2.08. The Morgan fingerprint density at radius 3 is 2.67 bits per heavy atom. The molecule has 0 fully saturated rings. The van der Waals surface area contributed by atoms with Crippen LogP contribution >= 0.6 is 12.6 Å². The molecule has 3 heteroatoms. The Hall–Kier alpha value is -0.180. The molecule has 0 heterocycles. The van der Waals surface area contributed by atoms with Crippen molar-refractivity contribution in [2.24, 2.45) is 0 Å². The van der Waals surface area contributed by atoms with Gasteiger partial charge < -0.3 is 4.74 Å². The molecule has 2 nitrogen and oxygen atoms in total. The van der Waals surface area contributed by atoms with Crippen LogP contribution in [0, 0.1) is 0 Å². The molecule has 9 heavy (non-hydrogen) atoms. The van der Waals surface area contributed by atoms with E-state index in [-0.39, 0.29) is 12.1 Å². The number of ether oxygens (including phenoxy) is 1. The van der Waals surface area contributed by atoms with Gasteiger partial charge in [0, 0.05) is 6.92 Å². The Morgan fingerprint density at radius 2 is 2.33 bits per heavy atom. The smallest absolute Gasteiger partial charge is 0.302 e. The van der Waals surface area contributed by atoms with Gasteiger partial charge in [-0.1, -0.05) is 0 Å². The standard InChI is InChI=1S/C6H12O2S/c1-5(3-4-9)8-6(2)7/h5,9H,3-4H2,1-2H3. The second-order valence-electron chi connectivity index (χ2n) is 1.93. The topological polar surface area (TPSA) is 26.3 Å². The van der Waals surface area contributed by atoms with Crippen molar-refractivity contribution in [1.82, 2.24) is 0 Å². The molecular formula is C6H12O2S. The van der Waals surface area contributed by atoms with Crippen molar-refractivity contribution in [3.8, 4) is 0 Å². The summed E-state index contributed by atoms with van der Waals surface area (Å²) in [6.07, 6.45) is 0.836. The minimum Gasteiger partial charge on any atom is -0.463 e. The molecule has 54 valence electrons. The Kier molecular flexibility index (Phi) is 4.58. The molecule has 0 radical (unpaired) electrons. The third-order valence-corrected chi connectivity index (χ3v) is 1.16. The lowest BCUT2D eigenvalue weighted by Crippen LogP contribution is -2.12. The summed E-state index contributed by atoms with van der Waals surface area (Å²) < 4.78 is 4.80. The second-order valence-corrected chi connectivity index (χ2v) is 2.38. The summed E-state index contributed by atoms with van der Waals surface area (Å²) in [4.78, 5) is 10.3. The monoisotopic (exact) mass is 148 g/mol. The highest BCUT2D eigenvalue weighted by molar-refractivity contribution is 7.80. The van der Waals surface area contributed by atoms with Crippen LogP contribution in [0.3, 0.4) is 0 Å². The van der Waals surface area contributed by atoms with Crippen molar-refractivity contribution in [1.29, 1.82) is 0 Å². The number of carbonyl (C=O) groups is 1. The normalized spacial score (nSPS) is 12.8. The Morgan fingerprint density at radius 1 is 1.78 bits per heavy atom. The molecule has 1 unspecified atom stereocenters. The third-order valence-electron chi connectivity index (χ3n) is 0.903. The number of hydrogen-bond donors (Lipinski definition) is 1. The maximum atomic E-state index is 10.3. The van der Waals surface area contributed by atoms with E-state index in [1.807, 2.05) is 6.92 Å². The molecule has 1 atom stereocenters. The fraction of sp³-hybridized carbons (Fsp3) is 0.833. The van der Waals surface area contributed by atoms with Gasteiger partial charge >= 0.3 is 5.97 Å². The Bertz CT molecular complexity index is 93.1. The Labute approximate surface area is 61.0 Å². The van der Waals surface area contributed by atoms with E-state index in [0.29, 0.717) is 0 Å². The van der Waals surface area contributed by atoms with Crippen molar-refractivity contribution < 1.29 is 9.53 Å². The summed E-state index contributed by atoms with van der Waals surface area (Å²) in [6.45, 7) is 3.27. The quantitative estimate of drug-likeness (QED) is 0.481. The second kappa shape index (κ2) is 4.68. The summed E-state index contributed by atoms with van der Waals surface area (Å²) in [7, 11) is 0. The van der Waals surface area contributed by atoms with Crippen LogP contribution in [0.5, 0.6) is 0 Å². The maximum absolute atomic E-state index is 10.3. The zero-order valence-electron chi connectivity index (χ0n) is 5.76. The first-order valence-electron chi connectivity index (χ1n) is 2.95. The van der Waals surface area contributed by atoms with Crippen molar-refractivity contribution >= 4 is 18.6 Å². The van der Waals surface area contributed by atoms with Crippen LogP contribution < -0.4 is 0 Å². The van der Waals surface area contributed by atoms with Gasteiger partial charge in [0.05, 0.1) is 6.10 Å². The van der Waals surface area contributed by atoms with Gasteiger partial charge in [0.1, 0.15) is 0 Å². The molecule has 0 spiro atoms. The average Bonchev–Trinajstić information content (AvgIpc) is 1.63. The van der Waals surface area contributed by atoms with Gasteiger partial charge in [-0.2, -0.15) is 12.6 Å². The summed E-state index contributed by atoms with van der Waals surface area (Å²) in [6, 6.07) is 0. The molecule has 0 aromatic carbocycles. The molecule has 0 aromatic heterocycles. The van der Waals surface area contributed by atoms with E-state index in [0.717, 1.165) is 12.2 Å². The third kappa shape index (κ3) is 5.69. The van der Waals surface area contributed by atoms with Crippen LogP contribution in [0.15, 0.2) is 0 Å². The van der Waals surface area contributed by atoms with E-state index < -0.39 is 0 Å². The van der Waals surface area contributed by atoms with E-state index in [1.165, 1.54) is 6.92 Å². The zero-order valence-corrected chi connectivity index (χ0v) is 6.65. The molecular weight excluding hydrogens is 136 g/mol. The summed E-state index contributed by atoms with van der Waals surface area (Å²) >= 11 is 3.99. The van der Waals surface area contributed by atoms with Gasteiger partial charge in [-0.15, -0.1) is 0 Å². The largest absolute Gasteiger partial charge is 0.463 e. The fourth-order valence-corrected chi connectivity index (χ4v) is 0.888. The van der Waals surface area contributed by atoms with Crippen molar-refractivity contribution in [3.05, 3.63) is 0 Å². The highest BCUT2D eigenvalue weighted by Crippen LogP contribution is 1.98. The van der Waals surface area contributed by atoms with E-state index in [1.54, 1.807) is 0 Å². The molecule has 0 bridgehead atoms. The summed E-state index contributed by atoms with van der Waals surface area (Å²) in [5.41, 5.74) is 0. The molecule has 0 aliphatic rings. The number of thiol groups is 1. The maximum Gasteiger partial charge on any atom is 0.302 e. The first kappa shape index (κ1) is 8.82. The van der Waals surface area contributed by atoms with Crippen LogP contribution in [0.4, 0.5) is 0 Å². The van der Waals surface area contributed by atoms with Gasteiger partial charge in [-0.05, 0) is 19.1 Å². The molecule has 0 aromatic rings. The van der Waals surface area contributed by atoms with E-state index in [9.17, 15) is 4.79 Å². The van der Waals surface area contributed by atoms with Gasteiger partial charge in [-0.3, -0.25) is 4.79 Å². The van der Waals surface area contributed by atoms with Crippen molar-refractivity contribution in [2.45, 2.75) is 26.4 Å². The molecule has 0 aliphatic carbocycles. The van der Waals surface area contributed by atoms with Crippen molar-refractivity contribution in [2.75, 3.05) is 5.75 Å². The van der Waals surface area contributed by atoms with Crippen LogP contribution in [0.1, 0.15) is 20.3 Å². The van der Waals surface area contributed by atoms with E-state index in [4.69, 9.17) is 4.74 Å². The number of hydrogen-bond acceptors (Lipinski definition) is 3. The number of rotatable bonds is 3. The molecule has 0 saturated carbocycles. The molecule has 0 amide bonds. The van der Waals surface area contributed by atoms with Crippen LogP contribution in [0.2, 0.25) is 0 Å². The van der Waals surface area contributed by atoms with E-state index in [2.05, 4.69) is 12.6 Å². The molecule has 0 rings (SSSR count). The minimum absolute atomic E-state index is 0.0139. The SMILES string of the molecule is CC(=O)OC(C)CCS. The predicted octanol–water partition coefficient (Wildman–Crippen LogP) is 1.26. The highest BCUT2D eigenvalue weighted by Gasteiger charge is 2.01. The van der Waals surface area contributed by atoms with Crippen molar-refractivity contribution in [3.63, 3.8) is 0 Å². The lowest BCUT2D eigenvalue weighted by atomic mass is 10.3. The molecule has 0 N–H and O–H groups in total. The Balaban J connectivity index is 3.26. The number of carbonyl (C=O) groups excluding carboxylic acids is 1. The first-order valence-corrected chi connectivity index (χ1v) is 3.58. The number of esters is 1. The molecule has 0 saturated heterocycles. The van der Waals surface area contributed by atoms with Gasteiger partial charge in [-0.25, -0.2) is 0 Å². The van der Waals surface area contributed by atoms with Crippen LogP contribution in [-0.4, -0.2) is 17.8 Å². The predicted molar refractivity (Wildman–Crippen MR) is 39.7 cm³/mol. The minimum atomic E-state index is -0.218.